The van der Waals surface area contributed by atoms with E-state index in [1.54, 1.807) is 31.2 Å². The first-order chi connectivity index (χ1) is 13.5. The Hall–Kier alpha value is -3.26. The van der Waals surface area contributed by atoms with Crippen LogP contribution in [0.5, 0.6) is 0 Å². The summed E-state index contributed by atoms with van der Waals surface area (Å²) in [7, 11) is 1.52. The smallest absolute Gasteiger partial charge is 0.336 e. The maximum atomic E-state index is 13.3. The minimum absolute atomic E-state index is 0.225. The molecular formula is C20H20FN3O4. The van der Waals surface area contributed by atoms with E-state index < -0.39 is 23.1 Å². The van der Waals surface area contributed by atoms with Crippen LogP contribution in [0.3, 0.4) is 0 Å². The summed E-state index contributed by atoms with van der Waals surface area (Å²) in [6.07, 6.45) is 0. The largest absolute Gasteiger partial charge is 0.383 e. The van der Waals surface area contributed by atoms with Crippen LogP contribution in [-0.2, 0) is 9.53 Å². The van der Waals surface area contributed by atoms with Crippen LogP contribution in [-0.4, -0.2) is 35.3 Å². The number of nitrogens with one attached hydrogen (secondary N) is 1. The molecule has 28 heavy (non-hydrogen) atoms. The van der Waals surface area contributed by atoms with Crippen LogP contribution in [0.2, 0.25) is 0 Å². The van der Waals surface area contributed by atoms with E-state index in [-0.39, 0.29) is 17.0 Å². The summed E-state index contributed by atoms with van der Waals surface area (Å²) in [5.41, 5.74) is -0.631. The van der Waals surface area contributed by atoms with E-state index in [0.29, 0.717) is 18.7 Å². The second-order valence-corrected chi connectivity index (χ2v) is 6.25. The molecule has 0 saturated carbocycles. The van der Waals surface area contributed by atoms with Crippen molar-refractivity contribution < 1.29 is 13.9 Å². The van der Waals surface area contributed by atoms with Crippen LogP contribution < -0.4 is 16.6 Å². The lowest BCUT2D eigenvalue weighted by atomic mass is 10.2. The van der Waals surface area contributed by atoms with Gasteiger partial charge in [-0.15, -0.1) is 0 Å². The summed E-state index contributed by atoms with van der Waals surface area (Å²) in [5.74, 6) is -0.864. The molecule has 7 nitrogen and oxygen atoms in total. The Balaban J connectivity index is 2.22. The van der Waals surface area contributed by atoms with Crippen molar-refractivity contribution in [3.8, 4) is 5.69 Å². The molecule has 2 aromatic carbocycles. The lowest BCUT2D eigenvalue weighted by Crippen LogP contribution is -2.44. The van der Waals surface area contributed by atoms with E-state index >= 15 is 0 Å². The third-order valence-electron chi connectivity index (χ3n) is 4.45. The average molecular weight is 385 g/mol. The number of aromatic nitrogens is 2. The number of para-hydroxylation sites is 1. The van der Waals surface area contributed by atoms with Crippen molar-refractivity contribution in [3.05, 3.63) is 75.2 Å². The summed E-state index contributed by atoms with van der Waals surface area (Å²) in [4.78, 5) is 38.6. The number of halogens is 1. The Morgan fingerprint density at radius 1 is 1.14 bits per heavy atom. The van der Waals surface area contributed by atoms with Crippen molar-refractivity contribution in [2.75, 3.05) is 20.3 Å². The number of benzene rings is 2. The minimum Gasteiger partial charge on any atom is -0.383 e. The van der Waals surface area contributed by atoms with Gasteiger partial charge in [-0.25, -0.2) is 13.8 Å². The monoisotopic (exact) mass is 385 g/mol. The van der Waals surface area contributed by atoms with Crippen molar-refractivity contribution in [2.24, 2.45) is 0 Å². The Morgan fingerprint density at radius 3 is 2.50 bits per heavy atom. The number of nitrogens with zero attached hydrogens (tertiary/aromatic N) is 2. The molecule has 0 aliphatic rings. The maximum Gasteiger partial charge on any atom is 0.336 e. The number of fused-ring (bicyclic) bond motifs is 1. The number of hydrogen-bond donors (Lipinski definition) is 1. The zero-order valence-electron chi connectivity index (χ0n) is 15.5. The highest BCUT2D eigenvalue weighted by Crippen LogP contribution is 2.15. The van der Waals surface area contributed by atoms with Gasteiger partial charge in [0.2, 0.25) is 5.91 Å². The minimum atomic E-state index is -0.874. The Kier molecular flexibility index (Phi) is 5.70. The van der Waals surface area contributed by atoms with Crippen LogP contribution in [0.4, 0.5) is 4.39 Å². The van der Waals surface area contributed by atoms with E-state index in [4.69, 9.17) is 4.74 Å². The number of methoxy groups -OCH3 is 1. The summed E-state index contributed by atoms with van der Waals surface area (Å²) in [6.45, 7) is 2.21. The molecule has 0 unspecified atom stereocenters. The van der Waals surface area contributed by atoms with Gasteiger partial charge in [-0.1, -0.05) is 12.1 Å². The Bertz CT molecular complexity index is 1120. The van der Waals surface area contributed by atoms with Gasteiger partial charge in [-0.3, -0.25) is 14.2 Å². The number of carbonyl (C=O) groups excluding carboxylic acids is 1. The second kappa shape index (κ2) is 8.18. The first-order valence-electron chi connectivity index (χ1n) is 8.74. The quantitative estimate of drug-likeness (QED) is 0.654. The first kappa shape index (κ1) is 19.5. The number of ether oxygens (including phenoxy) is 1. The van der Waals surface area contributed by atoms with Crippen LogP contribution in [0, 0.1) is 5.82 Å². The first-order valence-corrected chi connectivity index (χ1v) is 8.74. The van der Waals surface area contributed by atoms with Gasteiger partial charge in [0.1, 0.15) is 11.9 Å². The van der Waals surface area contributed by atoms with Crippen LogP contribution in [0.15, 0.2) is 58.1 Å². The van der Waals surface area contributed by atoms with Crippen molar-refractivity contribution >= 4 is 16.8 Å². The van der Waals surface area contributed by atoms with Crippen molar-refractivity contribution in [1.29, 1.82) is 0 Å². The molecule has 0 radical (unpaired) electrons. The molecule has 0 saturated heterocycles. The lowest BCUT2D eigenvalue weighted by Gasteiger charge is -2.19. The van der Waals surface area contributed by atoms with Gasteiger partial charge in [0.25, 0.3) is 5.56 Å². The van der Waals surface area contributed by atoms with Gasteiger partial charge in [0.05, 0.1) is 23.2 Å². The summed E-state index contributed by atoms with van der Waals surface area (Å²) < 4.78 is 20.4. The van der Waals surface area contributed by atoms with E-state index in [1.807, 2.05) is 0 Å². The van der Waals surface area contributed by atoms with E-state index in [9.17, 15) is 18.8 Å². The molecule has 0 bridgehead atoms. The fraction of sp³-hybridized carbons (Fsp3) is 0.250. The predicted molar refractivity (Wildman–Crippen MR) is 103 cm³/mol. The van der Waals surface area contributed by atoms with Crippen molar-refractivity contribution in [1.82, 2.24) is 14.5 Å². The molecule has 8 heteroatoms. The summed E-state index contributed by atoms with van der Waals surface area (Å²) in [6, 6.07) is 10.7. The molecule has 3 rings (SSSR count). The molecule has 1 amide bonds. The average Bonchev–Trinajstić information content (AvgIpc) is 2.69. The highest BCUT2D eigenvalue weighted by molar-refractivity contribution is 5.84. The van der Waals surface area contributed by atoms with Crippen LogP contribution in [0.1, 0.15) is 13.0 Å². The molecule has 3 aromatic rings. The molecule has 0 aliphatic heterocycles. The molecule has 146 valence electrons. The van der Waals surface area contributed by atoms with Crippen molar-refractivity contribution in [2.45, 2.75) is 13.0 Å². The topological polar surface area (TPSA) is 82.3 Å². The van der Waals surface area contributed by atoms with E-state index in [0.717, 1.165) is 4.57 Å². The highest BCUT2D eigenvalue weighted by atomic mass is 19.1. The van der Waals surface area contributed by atoms with Gasteiger partial charge in [0, 0.05) is 13.7 Å². The normalized spacial score (nSPS) is 12.1. The van der Waals surface area contributed by atoms with E-state index in [1.165, 1.54) is 35.9 Å². The third-order valence-corrected chi connectivity index (χ3v) is 4.45. The molecule has 1 N–H and O–H groups in total. The zero-order valence-corrected chi connectivity index (χ0v) is 15.5. The number of hydrogen-bond acceptors (Lipinski definition) is 4. The molecule has 0 spiro atoms. The van der Waals surface area contributed by atoms with Gasteiger partial charge >= 0.3 is 5.69 Å². The fourth-order valence-electron chi connectivity index (χ4n) is 3.02. The Labute approximate surface area is 160 Å². The van der Waals surface area contributed by atoms with Crippen molar-refractivity contribution in [3.63, 3.8) is 0 Å². The SMILES string of the molecule is COCCNC(=O)[C@@H](C)n1c(=O)n(-c2ccc(F)cc2)c(=O)c2ccccc21. The summed E-state index contributed by atoms with van der Waals surface area (Å²) >= 11 is 0. The second-order valence-electron chi connectivity index (χ2n) is 6.25. The number of carbonyl (C=O) groups is 1. The third kappa shape index (κ3) is 3.59. The zero-order chi connectivity index (χ0) is 20.3. The fourth-order valence-corrected chi connectivity index (χ4v) is 3.02. The lowest BCUT2D eigenvalue weighted by molar-refractivity contribution is -0.124. The van der Waals surface area contributed by atoms with E-state index in [2.05, 4.69) is 5.32 Å². The van der Waals surface area contributed by atoms with Gasteiger partial charge in [-0.05, 0) is 43.3 Å². The standard InChI is InChI=1S/C20H20FN3O4/c1-13(18(25)22-11-12-28-2)23-17-6-4-3-5-16(17)19(26)24(20(23)27)15-9-7-14(21)8-10-15/h3-10,13H,11-12H2,1-2H3,(H,22,25)/t13-/m1/s1. The highest BCUT2D eigenvalue weighted by Gasteiger charge is 2.22. The molecule has 1 aromatic heterocycles. The molecular weight excluding hydrogens is 365 g/mol. The number of amides is 1. The predicted octanol–water partition coefficient (Wildman–Crippen LogP) is 1.62. The van der Waals surface area contributed by atoms with Crippen LogP contribution >= 0.6 is 0 Å². The Morgan fingerprint density at radius 2 is 1.82 bits per heavy atom. The van der Waals surface area contributed by atoms with Gasteiger partial charge in [0.15, 0.2) is 0 Å². The number of rotatable bonds is 6. The molecule has 1 heterocycles. The van der Waals surface area contributed by atoms with Crippen LogP contribution in [0.25, 0.3) is 16.6 Å². The van der Waals surface area contributed by atoms with Gasteiger partial charge < -0.3 is 10.1 Å². The maximum absolute atomic E-state index is 13.3. The van der Waals surface area contributed by atoms with Gasteiger partial charge in [-0.2, -0.15) is 0 Å². The summed E-state index contributed by atoms with van der Waals surface area (Å²) in [5, 5.41) is 2.97. The molecule has 0 aliphatic carbocycles. The molecule has 0 fully saturated rings. The molecule has 1 atom stereocenters.